The summed E-state index contributed by atoms with van der Waals surface area (Å²) in [5.74, 6) is 0. The van der Waals surface area contributed by atoms with Crippen molar-refractivity contribution in [2.24, 2.45) is 0 Å². The maximum atomic E-state index is 4.95. The lowest BCUT2D eigenvalue weighted by atomic mass is 10.6. The van der Waals surface area contributed by atoms with E-state index in [0.29, 0.717) is 0 Å². The van der Waals surface area contributed by atoms with E-state index in [1.165, 1.54) is 12.8 Å². The van der Waals surface area contributed by atoms with Crippen LogP contribution >= 0.6 is 0 Å². The highest BCUT2D eigenvalue weighted by Gasteiger charge is 2.19. The van der Waals surface area contributed by atoms with E-state index in [0.717, 1.165) is 25.7 Å². The molecule has 0 aromatic carbocycles. The van der Waals surface area contributed by atoms with Crippen molar-refractivity contribution in [2.45, 2.75) is 25.8 Å². The van der Waals surface area contributed by atoms with Crippen molar-refractivity contribution in [2.75, 3.05) is 19.7 Å². The van der Waals surface area contributed by atoms with Crippen molar-refractivity contribution in [1.82, 2.24) is 10.8 Å². The minimum absolute atomic E-state index is 0.740. The minimum Gasteiger partial charge on any atom is -0.313 e. The molecule has 3 nitrogen and oxygen atoms in total. The predicted octanol–water partition coefficient (Wildman–Crippen LogP) is 0.279. The molecule has 3 heteroatoms. The van der Waals surface area contributed by atoms with Gasteiger partial charge in [0.15, 0.2) is 0 Å². The van der Waals surface area contributed by atoms with Gasteiger partial charge >= 0.3 is 0 Å². The van der Waals surface area contributed by atoms with Crippen molar-refractivity contribution < 1.29 is 4.84 Å². The Hall–Kier alpha value is -0.120. The van der Waals surface area contributed by atoms with Gasteiger partial charge in [0.25, 0.3) is 0 Å². The summed E-state index contributed by atoms with van der Waals surface area (Å²) in [6, 6.07) is 0.809. The van der Waals surface area contributed by atoms with Gasteiger partial charge in [0, 0.05) is 19.1 Å². The summed E-state index contributed by atoms with van der Waals surface area (Å²) in [4.78, 5) is 4.95. The summed E-state index contributed by atoms with van der Waals surface area (Å²) >= 11 is 0. The lowest BCUT2D eigenvalue weighted by molar-refractivity contribution is 0.0518. The average Bonchev–Trinajstić information content (AvgIpc) is 2.71. The van der Waals surface area contributed by atoms with Gasteiger partial charge in [-0.15, -0.1) is 0 Å². The van der Waals surface area contributed by atoms with Crippen LogP contribution in [0, 0.1) is 0 Å². The van der Waals surface area contributed by atoms with Crippen LogP contribution in [0.25, 0.3) is 0 Å². The molecule has 1 aliphatic carbocycles. The minimum atomic E-state index is 0.740. The molecule has 0 aliphatic heterocycles. The van der Waals surface area contributed by atoms with E-state index in [9.17, 15) is 0 Å². The smallest absolute Gasteiger partial charge is 0.0653 e. The molecule has 0 spiro atoms. The zero-order chi connectivity index (χ0) is 7.23. The highest BCUT2D eigenvalue weighted by molar-refractivity contribution is 4.80. The zero-order valence-corrected chi connectivity index (χ0v) is 6.52. The third-order valence-electron chi connectivity index (χ3n) is 1.48. The fraction of sp³-hybridized carbons (Fsp3) is 1.00. The van der Waals surface area contributed by atoms with Crippen LogP contribution in [0.2, 0.25) is 0 Å². The maximum absolute atomic E-state index is 4.95. The van der Waals surface area contributed by atoms with E-state index in [-0.39, 0.29) is 0 Å². The first kappa shape index (κ1) is 7.98. The van der Waals surface area contributed by atoms with Crippen LogP contribution in [0.15, 0.2) is 0 Å². The van der Waals surface area contributed by atoms with Gasteiger partial charge in [-0.05, 0) is 19.8 Å². The van der Waals surface area contributed by atoms with Crippen molar-refractivity contribution in [3.8, 4) is 0 Å². The number of nitrogens with one attached hydrogen (secondary N) is 2. The van der Waals surface area contributed by atoms with Gasteiger partial charge in [0.2, 0.25) is 0 Å². The quantitative estimate of drug-likeness (QED) is 0.415. The van der Waals surface area contributed by atoms with Gasteiger partial charge in [-0.1, -0.05) is 0 Å². The molecule has 0 bridgehead atoms. The normalized spacial score (nSPS) is 17.7. The van der Waals surface area contributed by atoms with Gasteiger partial charge in [0.05, 0.1) is 6.61 Å². The molecule has 60 valence electrons. The second-order valence-corrected chi connectivity index (χ2v) is 2.56. The largest absolute Gasteiger partial charge is 0.313 e. The number of hydrogen-bond donors (Lipinski definition) is 2. The lowest BCUT2D eigenvalue weighted by Crippen LogP contribution is -2.28. The monoisotopic (exact) mass is 144 g/mol. The van der Waals surface area contributed by atoms with Crippen LogP contribution in [0.5, 0.6) is 0 Å². The molecule has 1 rings (SSSR count). The molecule has 0 radical (unpaired) electrons. The van der Waals surface area contributed by atoms with Crippen molar-refractivity contribution in [3.63, 3.8) is 0 Å². The number of hydrogen-bond acceptors (Lipinski definition) is 3. The van der Waals surface area contributed by atoms with Crippen LogP contribution in [0.3, 0.4) is 0 Å². The molecule has 0 atom stereocenters. The first-order chi connectivity index (χ1) is 4.93. The summed E-state index contributed by atoms with van der Waals surface area (Å²) in [7, 11) is 0. The van der Waals surface area contributed by atoms with Crippen LogP contribution < -0.4 is 10.8 Å². The van der Waals surface area contributed by atoms with E-state index in [2.05, 4.69) is 10.8 Å². The Morgan fingerprint density at radius 3 is 2.80 bits per heavy atom. The molecule has 0 aromatic rings. The fourth-order valence-electron chi connectivity index (χ4n) is 0.789. The van der Waals surface area contributed by atoms with E-state index in [1.54, 1.807) is 0 Å². The van der Waals surface area contributed by atoms with Crippen LogP contribution in [-0.2, 0) is 4.84 Å². The van der Waals surface area contributed by atoms with Crippen molar-refractivity contribution in [1.29, 1.82) is 0 Å². The molecule has 2 N–H and O–H groups in total. The molecular weight excluding hydrogens is 128 g/mol. The summed E-state index contributed by atoms with van der Waals surface area (Å²) in [5.41, 5.74) is 2.86. The SMILES string of the molecule is CCONCCNC1CC1. The van der Waals surface area contributed by atoms with Gasteiger partial charge in [-0.3, -0.25) is 0 Å². The Labute approximate surface area is 62.1 Å². The molecule has 0 saturated heterocycles. The Bertz CT molecular complexity index is 83.7. The molecular formula is C7H16N2O. The van der Waals surface area contributed by atoms with Crippen molar-refractivity contribution in [3.05, 3.63) is 0 Å². The van der Waals surface area contributed by atoms with Gasteiger partial charge in [0.1, 0.15) is 0 Å². The molecule has 1 fully saturated rings. The summed E-state index contributed by atoms with van der Waals surface area (Å²) in [5, 5.41) is 3.37. The van der Waals surface area contributed by atoms with E-state index >= 15 is 0 Å². The van der Waals surface area contributed by atoms with Crippen LogP contribution in [0.1, 0.15) is 19.8 Å². The van der Waals surface area contributed by atoms with Crippen molar-refractivity contribution >= 4 is 0 Å². The Balaban J connectivity index is 1.68. The first-order valence-electron chi connectivity index (χ1n) is 4.01. The highest BCUT2D eigenvalue weighted by atomic mass is 16.6. The van der Waals surface area contributed by atoms with Crippen LogP contribution in [-0.4, -0.2) is 25.7 Å². The molecule has 0 heterocycles. The topological polar surface area (TPSA) is 33.3 Å². The first-order valence-corrected chi connectivity index (χ1v) is 4.01. The number of hydroxylamine groups is 1. The van der Waals surface area contributed by atoms with E-state index in [1.807, 2.05) is 6.92 Å². The molecule has 0 aromatic heterocycles. The molecule has 1 aliphatic rings. The molecule has 10 heavy (non-hydrogen) atoms. The Morgan fingerprint density at radius 2 is 2.20 bits per heavy atom. The second kappa shape index (κ2) is 4.66. The fourth-order valence-corrected chi connectivity index (χ4v) is 0.789. The average molecular weight is 144 g/mol. The van der Waals surface area contributed by atoms with E-state index in [4.69, 9.17) is 4.84 Å². The summed E-state index contributed by atoms with van der Waals surface area (Å²) < 4.78 is 0. The Morgan fingerprint density at radius 1 is 1.40 bits per heavy atom. The molecule has 0 amide bonds. The molecule has 0 unspecified atom stereocenters. The zero-order valence-electron chi connectivity index (χ0n) is 6.52. The van der Waals surface area contributed by atoms with Gasteiger partial charge in [-0.2, -0.15) is 0 Å². The summed E-state index contributed by atoms with van der Waals surface area (Å²) in [6.45, 7) is 4.64. The second-order valence-electron chi connectivity index (χ2n) is 2.56. The highest BCUT2D eigenvalue weighted by Crippen LogP contribution is 2.17. The summed E-state index contributed by atoms with van der Waals surface area (Å²) in [6.07, 6.45) is 2.71. The molecule has 1 saturated carbocycles. The predicted molar refractivity (Wildman–Crippen MR) is 40.7 cm³/mol. The van der Waals surface area contributed by atoms with E-state index < -0.39 is 0 Å². The van der Waals surface area contributed by atoms with Crippen LogP contribution in [0.4, 0.5) is 0 Å². The van der Waals surface area contributed by atoms with Gasteiger partial charge < -0.3 is 10.2 Å². The Kier molecular flexibility index (Phi) is 3.72. The third kappa shape index (κ3) is 3.82. The maximum Gasteiger partial charge on any atom is 0.0653 e. The van der Waals surface area contributed by atoms with Gasteiger partial charge in [-0.25, -0.2) is 5.48 Å². The number of rotatable bonds is 6. The lowest BCUT2D eigenvalue weighted by Gasteiger charge is -2.03. The third-order valence-corrected chi connectivity index (χ3v) is 1.48. The standard InChI is InChI=1S/C7H16N2O/c1-2-10-9-6-5-8-7-3-4-7/h7-9H,2-6H2,1H3.